The van der Waals surface area contributed by atoms with Gasteiger partial charge in [-0.1, -0.05) is 139 Å². The van der Waals surface area contributed by atoms with Gasteiger partial charge in [0.05, 0.1) is 17.1 Å². The maximum Gasteiger partial charge on any atom is 0.0544 e. The van der Waals surface area contributed by atoms with Crippen molar-refractivity contribution in [1.82, 2.24) is 0 Å². The second kappa shape index (κ2) is 8.30. The predicted octanol–water partition coefficient (Wildman–Crippen LogP) is 11.6. The van der Waals surface area contributed by atoms with Gasteiger partial charge in [-0.2, -0.15) is 0 Å². The van der Waals surface area contributed by atoms with Crippen molar-refractivity contribution < 1.29 is 0 Å². The van der Waals surface area contributed by atoms with E-state index in [4.69, 9.17) is 0 Å². The molecule has 1 heteroatoms. The second-order valence-corrected chi connectivity index (χ2v) is 14.6. The first kappa shape index (κ1) is 25.8. The van der Waals surface area contributed by atoms with Crippen LogP contribution in [-0.4, -0.2) is 0 Å². The van der Waals surface area contributed by atoms with Crippen LogP contribution >= 0.6 is 0 Å². The van der Waals surface area contributed by atoms with E-state index in [1.165, 1.54) is 83.5 Å². The molecule has 0 aliphatic carbocycles. The zero-order chi connectivity index (χ0) is 30.2. The molecule has 6 aromatic rings. The van der Waals surface area contributed by atoms with Gasteiger partial charge in [-0.05, 0) is 84.6 Å². The molecule has 0 bridgehead atoms. The fraction of sp³-hybridized carbons (Fsp3) is 0.209. The van der Waals surface area contributed by atoms with E-state index in [0.29, 0.717) is 0 Å². The number of anilines is 3. The molecular weight excluding hydrogens is 530 g/mol. The first-order chi connectivity index (χ1) is 21.1. The minimum atomic E-state index is -0.148. The number of nitrogens with zero attached hydrogens (tertiary/aromatic N) is 1. The number of rotatable bonds is 2. The number of fused-ring (bicyclic) bond motifs is 1. The molecule has 0 spiro atoms. The Morgan fingerprint density at radius 3 is 1.45 bits per heavy atom. The van der Waals surface area contributed by atoms with Crippen molar-refractivity contribution >= 4 is 27.8 Å². The van der Waals surface area contributed by atoms with Crippen molar-refractivity contribution in [2.75, 3.05) is 4.90 Å². The Labute approximate surface area is 260 Å². The van der Waals surface area contributed by atoms with Crippen LogP contribution in [0.4, 0.5) is 17.1 Å². The number of para-hydroxylation sites is 2. The third kappa shape index (κ3) is 3.10. The first-order valence-electron chi connectivity index (χ1n) is 16.0. The summed E-state index contributed by atoms with van der Waals surface area (Å²) in [5.41, 5.74) is 17.4. The summed E-state index contributed by atoms with van der Waals surface area (Å²) in [4.78, 5) is 2.65. The third-order valence-corrected chi connectivity index (χ3v) is 11.2. The molecule has 0 unspecified atom stereocenters. The Hall–Kier alpha value is -4.62. The van der Waals surface area contributed by atoms with Gasteiger partial charge in [0.25, 0.3) is 0 Å². The van der Waals surface area contributed by atoms with Gasteiger partial charge in [0, 0.05) is 16.2 Å². The highest BCUT2D eigenvalue weighted by Gasteiger charge is 2.51. The van der Waals surface area contributed by atoms with Gasteiger partial charge in [-0.15, -0.1) is 0 Å². The lowest BCUT2D eigenvalue weighted by atomic mass is 9.60. The Morgan fingerprint density at radius 2 is 0.841 bits per heavy atom. The zero-order valence-corrected chi connectivity index (χ0v) is 26.4. The van der Waals surface area contributed by atoms with Crippen molar-refractivity contribution in [2.45, 2.75) is 57.8 Å². The summed E-state index contributed by atoms with van der Waals surface area (Å²) >= 11 is 0. The van der Waals surface area contributed by atoms with Crippen molar-refractivity contribution in [3.8, 4) is 22.3 Å². The molecule has 0 saturated carbocycles. The van der Waals surface area contributed by atoms with Crippen LogP contribution in [0.15, 0.2) is 115 Å². The second-order valence-electron chi connectivity index (χ2n) is 14.6. The third-order valence-electron chi connectivity index (χ3n) is 11.2. The lowest BCUT2D eigenvalue weighted by Gasteiger charge is -2.55. The van der Waals surface area contributed by atoms with E-state index in [1.807, 2.05) is 0 Å². The SMILES string of the molecule is CC1(C)c2cccc3c2N2c4c1cccc4C(C)(C)c1cc(-c4cccc(-c5cccc6ccccc56)c4)cc(c12)C3(C)C. The van der Waals surface area contributed by atoms with Gasteiger partial charge in [0.15, 0.2) is 0 Å². The fourth-order valence-corrected chi connectivity index (χ4v) is 8.70. The minimum absolute atomic E-state index is 0.0731. The summed E-state index contributed by atoms with van der Waals surface area (Å²) < 4.78 is 0. The van der Waals surface area contributed by atoms with Crippen LogP contribution in [0.3, 0.4) is 0 Å². The maximum absolute atomic E-state index is 2.65. The molecule has 6 aromatic carbocycles. The molecule has 0 radical (unpaired) electrons. The van der Waals surface area contributed by atoms with Gasteiger partial charge in [0.2, 0.25) is 0 Å². The Kier molecular flexibility index (Phi) is 4.87. The molecule has 0 saturated heterocycles. The average molecular weight is 568 g/mol. The van der Waals surface area contributed by atoms with E-state index >= 15 is 0 Å². The monoisotopic (exact) mass is 567 g/mol. The van der Waals surface area contributed by atoms with Gasteiger partial charge in [0.1, 0.15) is 0 Å². The van der Waals surface area contributed by atoms with Gasteiger partial charge >= 0.3 is 0 Å². The smallest absolute Gasteiger partial charge is 0.0544 e. The Balaban J connectivity index is 1.33. The quantitative estimate of drug-likeness (QED) is 0.201. The average Bonchev–Trinajstić information content (AvgIpc) is 3.03. The van der Waals surface area contributed by atoms with E-state index in [2.05, 4.69) is 162 Å². The summed E-state index contributed by atoms with van der Waals surface area (Å²) in [6.45, 7) is 14.5. The molecule has 3 aliphatic rings. The molecule has 9 rings (SSSR count). The molecule has 0 amide bonds. The molecular formula is C43H37N. The van der Waals surface area contributed by atoms with Crippen LogP contribution in [0.25, 0.3) is 33.0 Å². The lowest BCUT2D eigenvalue weighted by molar-refractivity contribution is 0.567. The topological polar surface area (TPSA) is 3.24 Å². The van der Waals surface area contributed by atoms with Crippen LogP contribution in [0, 0.1) is 0 Å². The van der Waals surface area contributed by atoms with Crippen LogP contribution in [0.5, 0.6) is 0 Å². The van der Waals surface area contributed by atoms with Crippen LogP contribution in [0.1, 0.15) is 74.9 Å². The normalized spacial score (nSPS) is 17.4. The highest BCUT2D eigenvalue weighted by atomic mass is 15.2. The van der Waals surface area contributed by atoms with Gasteiger partial charge in [-0.25, -0.2) is 0 Å². The highest BCUT2D eigenvalue weighted by Crippen LogP contribution is 2.66. The molecule has 44 heavy (non-hydrogen) atoms. The zero-order valence-electron chi connectivity index (χ0n) is 26.4. The first-order valence-corrected chi connectivity index (χ1v) is 16.0. The van der Waals surface area contributed by atoms with Crippen molar-refractivity contribution in [3.05, 3.63) is 149 Å². The largest absolute Gasteiger partial charge is 0.309 e. The molecule has 3 aliphatic heterocycles. The van der Waals surface area contributed by atoms with E-state index in [0.717, 1.165) is 0 Å². The maximum atomic E-state index is 2.65. The minimum Gasteiger partial charge on any atom is -0.309 e. The van der Waals surface area contributed by atoms with E-state index < -0.39 is 0 Å². The van der Waals surface area contributed by atoms with Crippen molar-refractivity contribution in [1.29, 1.82) is 0 Å². The molecule has 1 nitrogen and oxygen atoms in total. The highest BCUT2D eigenvalue weighted by molar-refractivity contribution is 6.00. The fourth-order valence-electron chi connectivity index (χ4n) is 8.70. The van der Waals surface area contributed by atoms with Gasteiger partial charge < -0.3 is 4.90 Å². The summed E-state index contributed by atoms with van der Waals surface area (Å²) in [6, 6.07) is 43.5. The summed E-state index contributed by atoms with van der Waals surface area (Å²) in [6.07, 6.45) is 0. The summed E-state index contributed by atoms with van der Waals surface area (Å²) in [5.74, 6) is 0. The predicted molar refractivity (Wildman–Crippen MR) is 186 cm³/mol. The van der Waals surface area contributed by atoms with Crippen LogP contribution in [0.2, 0.25) is 0 Å². The standard InChI is InChI=1S/C43H37N/c1-41(2)32-19-11-21-34-38(32)44-39-33(41)20-12-22-35(39)43(5,6)37-25-29(24-36(40(37)44)42(34,3)4)27-15-9-16-28(23-27)31-18-10-14-26-13-7-8-17-30(26)31/h7-25H,1-6H3. The molecule has 0 N–H and O–H groups in total. The number of hydrogen-bond donors (Lipinski definition) is 0. The number of hydrogen-bond acceptors (Lipinski definition) is 1. The van der Waals surface area contributed by atoms with E-state index in [-0.39, 0.29) is 16.2 Å². The van der Waals surface area contributed by atoms with Crippen LogP contribution < -0.4 is 4.90 Å². The van der Waals surface area contributed by atoms with Crippen molar-refractivity contribution in [2.24, 2.45) is 0 Å². The molecule has 0 aromatic heterocycles. The van der Waals surface area contributed by atoms with Crippen LogP contribution in [-0.2, 0) is 16.2 Å². The van der Waals surface area contributed by atoms with E-state index in [1.54, 1.807) is 0 Å². The van der Waals surface area contributed by atoms with Crippen molar-refractivity contribution in [3.63, 3.8) is 0 Å². The van der Waals surface area contributed by atoms with Gasteiger partial charge in [-0.3, -0.25) is 0 Å². The van der Waals surface area contributed by atoms with E-state index in [9.17, 15) is 0 Å². The Morgan fingerprint density at radius 1 is 0.386 bits per heavy atom. The molecule has 214 valence electrons. The summed E-state index contributed by atoms with van der Waals surface area (Å²) in [7, 11) is 0. The number of benzene rings is 6. The lowest BCUT2D eigenvalue weighted by Crippen LogP contribution is -2.43. The molecule has 0 atom stereocenters. The molecule has 0 fully saturated rings. The molecule has 3 heterocycles. The summed E-state index contributed by atoms with van der Waals surface area (Å²) in [5, 5.41) is 2.57. The Bertz CT molecular complexity index is 2110.